The third-order valence-corrected chi connectivity index (χ3v) is 5.99. The summed E-state index contributed by atoms with van der Waals surface area (Å²) in [7, 11) is 0. The van der Waals surface area contributed by atoms with E-state index in [-0.39, 0.29) is 5.56 Å². The maximum atomic E-state index is 13.5. The molecule has 0 aliphatic carbocycles. The second-order valence-electron chi connectivity index (χ2n) is 7.16. The monoisotopic (exact) mass is 413 g/mol. The van der Waals surface area contributed by atoms with Gasteiger partial charge >= 0.3 is 0 Å². The van der Waals surface area contributed by atoms with Gasteiger partial charge in [0.1, 0.15) is 5.52 Å². The molecule has 5 aromatic rings. The molecule has 0 spiro atoms. The average molecular weight is 414 g/mol. The van der Waals surface area contributed by atoms with Crippen LogP contribution in [-0.4, -0.2) is 14.5 Å². The summed E-state index contributed by atoms with van der Waals surface area (Å²) in [6, 6.07) is 21.2. The van der Waals surface area contributed by atoms with Gasteiger partial charge in [-0.25, -0.2) is 9.97 Å². The molecule has 5 nitrogen and oxygen atoms in total. The van der Waals surface area contributed by atoms with E-state index >= 15 is 0 Å². The molecule has 0 bridgehead atoms. The number of hydrogen-bond acceptors (Lipinski definition) is 5. The van der Waals surface area contributed by atoms with E-state index in [4.69, 9.17) is 9.40 Å². The lowest BCUT2D eigenvalue weighted by Crippen LogP contribution is -2.23. The van der Waals surface area contributed by atoms with Crippen LogP contribution in [0, 0.1) is 13.8 Å². The molecule has 148 valence electrons. The Morgan fingerprint density at radius 1 is 0.867 bits per heavy atom. The lowest BCUT2D eigenvalue weighted by Gasteiger charge is -2.17. The third-order valence-electron chi connectivity index (χ3n) is 5.07. The molecule has 2 heterocycles. The molecule has 0 N–H and O–H groups in total. The van der Waals surface area contributed by atoms with E-state index in [1.54, 1.807) is 4.57 Å². The van der Waals surface area contributed by atoms with E-state index in [0.717, 1.165) is 27.9 Å². The van der Waals surface area contributed by atoms with Gasteiger partial charge in [0, 0.05) is 0 Å². The van der Waals surface area contributed by atoms with Gasteiger partial charge in [0.25, 0.3) is 5.56 Å². The van der Waals surface area contributed by atoms with Crippen LogP contribution in [0.25, 0.3) is 27.7 Å². The Morgan fingerprint density at radius 3 is 2.33 bits per heavy atom. The third kappa shape index (κ3) is 3.19. The number of hydrogen-bond donors (Lipinski definition) is 0. The van der Waals surface area contributed by atoms with Crippen LogP contribution in [-0.2, 0) is 5.75 Å². The van der Waals surface area contributed by atoms with E-state index in [1.807, 2.05) is 80.6 Å². The fourth-order valence-electron chi connectivity index (χ4n) is 3.67. The summed E-state index contributed by atoms with van der Waals surface area (Å²) in [5.41, 5.74) is 5.12. The van der Waals surface area contributed by atoms with Crippen molar-refractivity contribution in [1.29, 1.82) is 0 Å². The van der Waals surface area contributed by atoms with Crippen molar-refractivity contribution in [2.24, 2.45) is 0 Å². The predicted octanol–water partition coefficient (Wildman–Crippen LogP) is 5.44. The Balaban J connectivity index is 1.65. The van der Waals surface area contributed by atoms with Gasteiger partial charge in [-0.2, -0.15) is 0 Å². The van der Waals surface area contributed by atoms with Crippen molar-refractivity contribution in [3.8, 4) is 5.69 Å². The predicted molar refractivity (Wildman–Crippen MR) is 120 cm³/mol. The van der Waals surface area contributed by atoms with Gasteiger partial charge in [0.15, 0.2) is 10.7 Å². The van der Waals surface area contributed by atoms with Crippen LogP contribution in [0.2, 0.25) is 0 Å². The van der Waals surface area contributed by atoms with Crippen molar-refractivity contribution in [2.45, 2.75) is 24.8 Å². The van der Waals surface area contributed by atoms with E-state index < -0.39 is 0 Å². The molecule has 5 rings (SSSR count). The summed E-state index contributed by atoms with van der Waals surface area (Å²) >= 11 is 1.45. The standard InChI is InChI=1S/C24H19N3O2S/c1-15-8-7-9-16(2)22(15)27-23(28)17-10-3-4-11-18(17)26-24(27)30-14-21-25-19-12-5-6-13-20(19)29-21/h3-13H,14H2,1-2H3. The maximum Gasteiger partial charge on any atom is 0.266 e. The van der Waals surface area contributed by atoms with E-state index in [1.165, 1.54) is 11.8 Å². The average Bonchev–Trinajstić information content (AvgIpc) is 3.17. The smallest absolute Gasteiger partial charge is 0.266 e. The molecule has 0 radical (unpaired) electrons. The lowest BCUT2D eigenvalue weighted by molar-refractivity contribution is 0.556. The van der Waals surface area contributed by atoms with Crippen LogP contribution in [0.5, 0.6) is 0 Å². The van der Waals surface area contributed by atoms with Crippen molar-refractivity contribution in [2.75, 3.05) is 0 Å². The van der Waals surface area contributed by atoms with Crippen LogP contribution in [0.1, 0.15) is 17.0 Å². The maximum absolute atomic E-state index is 13.5. The first kappa shape index (κ1) is 18.6. The highest BCUT2D eigenvalue weighted by Gasteiger charge is 2.17. The van der Waals surface area contributed by atoms with Gasteiger partial charge in [0.2, 0.25) is 5.89 Å². The minimum Gasteiger partial charge on any atom is -0.440 e. The number of para-hydroxylation sites is 4. The summed E-state index contributed by atoms with van der Waals surface area (Å²) < 4.78 is 7.58. The van der Waals surface area contributed by atoms with E-state index in [2.05, 4.69) is 4.98 Å². The van der Waals surface area contributed by atoms with Crippen molar-refractivity contribution in [1.82, 2.24) is 14.5 Å². The first-order chi connectivity index (χ1) is 14.6. The first-order valence-electron chi connectivity index (χ1n) is 9.67. The van der Waals surface area contributed by atoms with Gasteiger partial charge < -0.3 is 4.42 Å². The van der Waals surface area contributed by atoms with Crippen molar-refractivity contribution >= 4 is 33.8 Å². The second-order valence-corrected chi connectivity index (χ2v) is 8.10. The number of rotatable bonds is 4. The molecule has 0 fully saturated rings. The SMILES string of the molecule is Cc1cccc(C)c1-n1c(SCc2nc3ccccc3o2)nc2ccccc2c1=O. The lowest BCUT2D eigenvalue weighted by atomic mass is 10.1. The van der Waals surface area contributed by atoms with Gasteiger partial charge in [-0.1, -0.05) is 54.2 Å². The summed E-state index contributed by atoms with van der Waals surface area (Å²) in [5.74, 6) is 1.08. The Hall–Kier alpha value is -3.38. The molecular formula is C24H19N3O2S. The van der Waals surface area contributed by atoms with Gasteiger partial charge in [-0.3, -0.25) is 9.36 Å². The van der Waals surface area contributed by atoms with Crippen molar-refractivity contribution in [3.63, 3.8) is 0 Å². The molecule has 6 heteroatoms. The molecule has 0 saturated heterocycles. The molecule has 0 amide bonds. The Kier molecular flexibility index (Phi) is 4.64. The first-order valence-corrected chi connectivity index (χ1v) is 10.7. The van der Waals surface area contributed by atoms with Gasteiger partial charge in [0.05, 0.1) is 22.3 Å². The molecule has 0 aliphatic heterocycles. The number of thioether (sulfide) groups is 1. The number of fused-ring (bicyclic) bond motifs is 2. The highest BCUT2D eigenvalue weighted by molar-refractivity contribution is 7.98. The summed E-state index contributed by atoms with van der Waals surface area (Å²) in [5, 5.41) is 1.23. The summed E-state index contributed by atoms with van der Waals surface area (Å²) in [4.78, 5) is 22.8. The largest absolute Gasteiger partial charge is 0.440 e. The molecule has 0 saturated carbocycles. The number of benzene rings is 3. The zero-order chi connectivity index (χ0) is 20.7. The Bertz CT molecular complexity index is 1400. The minimum absolute atomic E-state index is 0.0712. The highest BCUT2D eigenvalue weighted by Crippen LogP contribution is 2.28. The zero-order valence-electron chi connectivity index (χ0n) is 16.6. The van der Waals surface area contributed by atoms with Gasteiger partial charge in [-0.15, -0.1) is 0 Å². The zero-order valence-corrected chi connectivity index (χ0v) is 17.4. The fourth-order valence-corrected chi connectivity index (χ4v) is 4.51. The van der Waals surface area contributed by atoms with Gasteiger partial charge in [-0.05, 0) is 49.2 Å². The molecule has 0 unspecified atom stereocenters. The Labute approximate surface area is 177 Å². The van der Waals surface area contributed by atoms with Crippen LogP contribution < -0.4 is 5.56 Å². The van der Waals surface area contributed by atoms with Crippen molar-refractivity contribution < 1.29 is 4.42 Å². The molecule has 3 aromatic carbocycles. The van der Waals surface area contributed by atoms with Crippen LogP contribution in [0.4, 0.5) is 0 Å². The van der Waals surface area contributed by atoms with Crippen LogP contribution >= 0.6 is 11.8 Å². The molecular weight excluding hydrogens is 394 g/mol. The fraction of sp³-hybridized carbons (Fsp3) is 0.125. The van der Waals surface area contributed by atoms with Crippen LogP contribution in [0.3, 0.4) is 0 Å². The van der Waals surface area contributed by atoms with Crippen molar-refractivity contribution in [3.05, 3.63) is 94.1 Å². The molecule has 30 heavy (non-hydrogen) atoms. The second kappa shape index (κ2) is 7.46. The number of nitrogens with zero attached hydrogens (tertiary/aromatic N) is 3. The van der Waals surface area contributed by atoms with Crippen LogP contribution in [0.15, 0.2) is 81.1 Å². The molecule has 2 aromatic heterocycles. The summed E-state index contributed by atoms with van der Waals surface area (Å²) in [6.07, 6.45) is 0. The van der Waals surface area contributed by atoms with E-state index in [0.29, 0.717) is 27.7 Å². The number of aryl methyl sites for hydroxylation is 2. The minimum atomic E-state index is -0.0712. The topological polar surface area (TPSA) is 60.9 Å². The number of aromatic nitrogens is 3. The quantitative estimate of drug-likeness (QED) is 0.290. The normalized spacial score (nSPS) is 11.4. The molecule has 0 aliphatic rings. The summed E-state index contributed by atoms with van der Waals surface area (Å²) in [6.45, 7) is 4.03. The highest BCUT2D eigenvalue weighted by atomic mass is 32.2. The van der Waals surface area contributed by atoms with E-state index in [9.17, 15) is 4.79 Å². The number of oxazole rings is 1. The molecule has 0 atom stereocenters. The Morgan fingerprint density at radius 2 is 1.57 bits per heavy atom.